The average molecular weight is 778 g/mol. The molecule has 0 radical (unpaired) electrons. The Morgan fingerprint density at radius 2 is 1.34 bits per heavy atom. The van der Waals surface area contributed by atoms with E-state index >= 15 is 0 Å². The molecule has 1 saturated heterocycles. The number of fused-ring (bicyclic) bond motifs is 2. The molecule has 15 heteroatoms. The third kappa shape index (κ3) is 9.40. The van der Waals surface area contributed by atoms with Crippen molar-refractivity contribution in [3.05, 3.63) is 82.4 Å². The Bertz CT molecular complexity index is 1940. The van der Waals surface area contributed by atoms with Crippen LogP contribution < -0.4 is 14.4 Å². The largest absolute Gasteiger partial charge is 0.463 e. The molecule has 1 unspecified atom stereocenters. The van der Waals surface area contributed by atoms with E-state index in [0.29, 0.717) is 11.3 Å². The van der Waals surface area contributed by atoms with E-state index in [1.165, 1.54) is 13.8 Å². The van der Waals surface area contributed by atoms with Crippen molar-refractivity contribution in [2.24, 2.45) is 0 Å². The fourth-order valence-electron chi connectivity index (χ4n) is 7.02. The van der Waals surface area contributed by atoms with E-state index in [0.717, 1.165) is 56.2 Å². The van der Waals surface area contributed by atoms with Gasteiger partial charge >= 0.3 is 29.8 Å². The second-order valence-electron chi connectivity index (χ2n) is 13.2. The van der Waals surface area contributed by atoms with Gasteiger partial charge in [-0.15, -0.1) is 0 Å². The van der Waals surface area contributed by atoms with Crippen molar-refractivity contribution in [3.63, 3.8) is 0 Å². The van der Waals surface area contributed by atoms with Gasteiger partial charge in [0, 0.05) is 76.5 Å². The van der Waals surface area contributed by atoms with Crippen LogP contribution in [0.15, 0.2) is 54.6 Å². The number of hydrogen-bond donors (Lipinski definition) is 1. The summed E-state index contributed by atoms with van der Waals surface area (Å²) in [5.41, 5.74) is 4.23. The zero-order valence-electron chi connectivity index (χ0n) is 32.4. The molecule has 0 spiro atoms. The molecule has 3 aromatic rings. The highest BCUT2D eigenvalue weighted by Gasteiger charge is 2.53. The summed E-state index contributed by atoms with van der Waals surface area (Å²) < 4.78 is 46.5. The number of ether oxygens (including phenoxy) is 8. The molecule has 2 aliphatic rings. The van der Waals surface area contributed by atoms with Gasteiger partial charge in [0.2, 0.25) is 12.4 Å². The van der Waals surface area contributed by atoms with Crippen LogP contribution in [0.25, 0.3) is 0 Å². The summed E-state index contributed by atoms with van der Waals surface area (Å²) in [6, 6.07) is 16.9. The van der Waals surface area contributed by atoms with Gasteiger partial charge in [-0.3, -0.25) is 24.0 Å². The predicted molar refractivity (Wildman–Crippen MR) is 198 cm³/mol. The van der Waals surface area contributed by atoms with Crippen LogP contribution in [0.3, 0.4) is 0 Å². The fourth-order valence-corrected chi connectivity index (χ4v) is 7.02. The molecule has 0 aliphatic carbocycles. The minimum atomic E-state index is -1.55. The smallest absolute Gasteiger partial charge is 0.303 e. The van der Waals surface area contributed by atoms with Crippen molar-refractivity contribution in [2.45, 2.75) is 98.3 Å². The molecule has 0 aromatic heterocycles. The minimum absolute atomic E-state index is 0.0298. The van der Waals surface area contributed by atoms with Crippen molar-refractivity contribution in [1.82, 2.24) is 0 Å². The lowest BCUT2D eigenvalue weighted by Gasteiger charge is -2.44. The molecule has 2 aliphatic heterocycles. The molecular formula is C41H47NO14. The average Bonchev–Trinajstić information content (AvgIpc) is 3.14. The molecule has 6 atom stereocenters. The number of hydrogen-bond acceptors (Lipinski definition) is 15. The number of aliphatic hydroxyl groups is 1. The number of aliphatic hydroxyl groups excluding tert-OH is 1. The first-order valence-corrected chi connectivity index (χ1v) is 18.3. The third-order valence-electron chi connectivity index (χ3n) is 9.35. The van der Waals surface area contributed by atoms with Gasteiger partial charge in [0.1, 0.15) is 36.6 Å². The maximum absolute atomic E-state index is 12.5. The van der Waals surface area contributed by atoms with Crippen LogP contribution in [-0.4, -0.2) is 85.4 Å². The summed E-state index contributed by atoms with van der Waals surface area (Å²) >= 11 is 0. The fraction of sp³-hybridized carbons (Fsp3) is 0.439. The maximum atomic E-state index is 12.5. The van der Waals surface area contributed by atoms with Gasteiger partial charge < -0.3 is 47.9 Å². The van der Waals surface area contributed by atoms with E-state index in [1.54, 1.807) is 12.1 Å². The molecule has 0 amide bonds. The summed E-state index contributed by atoms with van der Waals surface area (Å²) in [5, 5.41) is 11.0. The monoisotopic (exact) mass is 777 g/mol. The highest BCUT2D eigenvalue weighted by atomic mass is 16.7. The number of carbonyl (C=O) groups is 5. The summed E-state index contributed by atoms with van der Waals surface area (Å²) in [7, 11) is 0. The van der Waals surface area contributed by atoms with E-state index in [1.807, 2.05) is 56.3 Å². The quantitative estimate of drug-likeness (QED) is 0.136. The number of anilines is 1. The zero-order chi connectivity index (χ0) is 40.7. The van der Waals surface area contributed by atoms with E-state index in [4.69, 9.17) is 37.9 Å². The normalized spacial score (nSPS) is 20.9. The Kier molecular flexibility index (Phi) is 13.6. The Morgan fingerprint density at radius 1 is 0.714 bits per heavy atom. The standard InChI is InChI=1S/C41H47NO14/c1-8-42(9-2)28-14-15-30-34(18-28)54-37-31(36(30)29-13-11-10-12-27(29)20-49-22(3)44)16-17-33(32(37)19-43)55-41-40(53-26(7)48)39(52-25(6)47)38(51-24(5)46)35(56-41)21-50-23(4)45/h10-18,35-36,38-41,43H,8-9,19-21H2,1-7H3/t35-,36?,38+,39+,40-,41-/m1/s1. The Morgan fingerprint density at radius 3 is 1.96 bits per heavy atom. The molecule has 1 N–H and O–H groups in total. The number of rotatable bonds is 14. The highest BCUT2D eigenvalue weighted by molar-refractivity contribution is 5.70. The van der Waals surface area contributed by atoms with Crippen molar-refractivity contribution in [3.8, 4) is 17.2 Å². The summed E-state index contributed by atoms with van der Waals surface area (Å²) in [6.45, 7) is 10.5. The van der Waals surface area contributed by atoms with E-state index < -0.39 is 79.7 Å². The summed E-state index contributed by atoms with van der Waals surface area (Å²) in [4.78, 5) is 62.9. The second kappa shape index (κ2) is 18.3. The molecule has 300 valence electrons. The van der Waals surface area contributed by atoms with Crippen molar-refractivity contribution in [2.75, 3.05) is 24.6 Å². The van der Waals surface area contributed by atoms with Gasteiger partial charge in [-0.25, -0.2) is 0 Å². The van der Waals surface area contributed by atoms with Gasteiger partial charge in [-0.1, -0.05) is 36.4 Å². The molecule has 0 saturated carbocycles. The molecule has 5 rings (SSSR count). The number of esters is 5. The zero-order valence-corrected chi connectivity index (χ0v) is 32.4. The first-order chi connectivity index (χ1) is 26.8. The van der Waals surface area contributed by atoms with Crippen LogP contribution in [0.4, 0.5) is 5.69 Å². The topological polar surface area (TPSA) is 183 Å². The number of nitrogens with zero attached hydrogens (tertiary/aromatic N) is 1. The summed E-state index contributed by atoms with van der Waals surface area (Å²) in [5.74, 6) is -3.04. The summed E-state index contributed by atoms with van der Waals surface area (Å²) in [6.07, 6.45) is -7.15. The van der Waals surface area contributed by atoms with Crippen LogP contribution in [0.1, 0.15) is 82.2 Å². The van der Waals surface area contributed by atoms with Gasteiger partial charge in [-0.2, -0.15) is 0 Å². The van der Waals surface area contributed by atoms with Crippen molar-refractivity contribution in [1.29, 1.82) is 0 Å². The van der Waals surface area contributed by atoms with Gasteiger partial charge in [0.15, 0.2) is 12.2 Å². The van der Waals surface area contributed by atoms with Crippen LogP contribution in [0.5, 0.6) is 17.2 Å². The molecule has 3 aromatic carbocycles. The van der Waals surface area contributed by atoms with E-state index in [-0.39, 0.29) is 23.7 Å². The molecule has 15 nitrogen and oxygen atoms in total. The predicted octanol–water partition coefficient (Wildman–Crippen LogP) is 4.84. The Balaban J connectivity index is 1.65. The molecule has 56 heavy (non-hydrogen) atoms. The second-order valence-corrected chi connectivity index (χ2v) is 13.2. The van der Waals surface area contributed by atoms with Crippen molar-refractivity contribution < 1.29 is 67.0 Å². The van der Waals surface area contributed by atoms with Gasteiger partial charge in [-0.05, 0) is 37.1 Å². The first kappa shape index (κ1) is 41.5. The van der Waals surface area contributed by atoms with Crippen LogP contribution in [0, 0.1) is 0 Å². The van der Waals surface area contributed by atoms with E-state index in [9.17, 15) is 29.1 Å². The maximum Gasteiger partial charge on any atom is 0.303 e. The van der Waals surface area contributed by atoms with Crippen molar-refractivity contribution >= 4 is 35.5 Å². The van der Waals surface area contributed by atoms with Gasteiger partial charge in [0.25, 0.3) is 0 Å². The lowest BCUT2D eigenvalue weighted by Crippen LogP contribution is -2.63. The Hall–Kier alpha value is -5.67. The highest BCUT2D eigenvalue weighted by Crippen LogP contribution is 2.52. The molecule has 1 fully saturated rings. The minimum Gasteiger partial charge on any atom is -0.463 e. The number of benzene rings is 3. The number of carbonyl (C=O) groups excluding carboxylic acids is 5. The van der Waals surface area contributed by atoms with Crippen LogP contribution >= 0.6 is 0 Å². The third-order valence-corrected chi connectivity index (χ3v) is 9.35. The molecular weight excluding hydrogens is 730 g/mol. The van der Waals surface area contributed by atoms with Gasteiger partial charge in [0.05, 0.1) is 12.2 Å². The molecule has 0 bridgehead atoms. The Labute approximate surface area is 324 Å². The lowest BCUT2D eigenvalue weighted by atomic mass is 9.80. The van der Waals surface area contributed by atoms with Crippen LogP contribution in [0.2, 0.25) is 0 Å². The van der Waals surface area contributed by atoms with Crippen LogP contribution in [-0.2, 0) is 65.6 Å². The van der Waals surface area contributed by atoms with E-state index in [2.05, 4.69) is 4.90 Å². The SMILES string of the molecule is CCN(CC)c1ccc2c(c1)Oc1c(ccc(O[C@@H]3O[C@H](COC(C)=O)[C@H](OC(C)=O)[C@H](OC(C)=O)[C@H]3OC(C)=O)c1CO)C2c1ccccc1COC(C)=O. The lowest BCUT2D eigenvalue weighted by molar-refractivity contribution is -0.288. The first-order valence-electron chi connectivity index (χ1n) is 18.3. The molecule has 2 heterocycles.